The third-order valence-electron chi connectivity index (χ3n) is 5.16. The summed E-state index contributed by atoms with van der Waals surface area (Å²) in [6.45, 7) is 6.77. The molecule has 29 heavy (non-hydrogen) atoms. The topological polar surface area (TPSA) is 65.0 Å². The van der Waals surface area contributed by atoms with E-state index >= 15 is 0 Å². The van der Waals surface area contributed by atoms with Crippen molar-refractivity contribution in [2.45, 2.75) is 23.5 Å². The summed E-state index contributed by atoms with van der Waals surface area (Å²) in [4.78, 5) is 16.8. The van der Waals surface area contributed by atoms with E-state index in [-0.39, 0.29) is 16.1 Å². The maximum atomic E-state index is 12.3. The van der Waals surface area contributed by atoms with Crippen LogP contribution in [0.1, 0.15) is 13.3 Å². The molecule has 0 spiro atoms. The number of hydrogen-bond acceptors (Lipinski definition) is 7. The highest BCUT2D eigenvalue weighted by Gasteiger charge is 2.28. The number of β-amino-alcohol motifs (C(OH)–C–C–N with tert-alkyl or cyclic N) is 1. The van der Waals surface area contributed by atoms with Gasteiger partial charge in [0.1, 0.15) is 5.75 Å². The van der Waals surface area contributed by atoms with Gasteiger partial charge in [0, 0.05) is 44.2 Å². The van der Waals surface area contributed by atoms with Crippen LogP contribution in [0.2, 0.25) is 0 Å². The van der Waals surface area contributed by atoms with Gasteiger partial charge in [-0.3, -0.25) is 14.6 Å². The molecule has 8 heteroatoms. The fourth-order valence-electron chi connectivity index (χ4n) is 3.43. The maximum Gasteiger partial charge on any atom is 0.238 e. The molecular weight excluding hydrogens is 406 g/mol. The van der Waals surface area contributed by atoms with E-state index in [0.717, 1.165) is 49.8 Å². The van der Waals surface area contributed by atoms with Crippen LogP contribution in [0.5, 0.6) is 5.75 Å². The van der Waals surface area contributed by atoms with Crippen LogP contribution in [-0.4, -0.2) is 83.1 Å². The first-order valence-corrected chi connectivity index (χ1v) is 11.9. The number of anilines is 1. The van der Waals surface area contributed by atoms with E-state index in [1.165, 1.54) is 0 Å². The number of thioether (sulfide) groups is 2. The lowest BCUT2D eigenvalue weighted by Gasteiger charge is -2.35. The lowest BCUT2D eigenvalue weighted by atomic mass is 10.2. The molecule has 2 atom stereocenters. The number of hydrogen-bond donors (Lipinski definition) is 2. The van der Waals surface area contributed by atoms with Crippen molar-refractivity contribution in [2.75, 3.05) is 57.4 Å². The third kappa shape index (κ3) is 7.22. The Kier molecular flexibility index (Phi) is 8.32. The van der Waals surface area contributed by atoms with E-state index in [1.54, 1.807) is 7.11 Å². The van der Waals surface area contributed by atoms with Gasteiger partial charge in [0.2, 0.25) is 5.91 Å². The fraction of sp³-hybridized carbons (Fsp3) is 0.571. The molecule has 3 rings (SSSR count). The largest absolute Gasteiger partial charge is 0.497 e. The summed E-state index contributed by atoms with van der Waals surface area (Å²) in [7, 11) is 1.62. The van der Waals surface area contributed by atoms with Gasteiger partial charge in [-0.25, -0.2) is 0 Å². The number of benzene rings is 1. The van der Waals surface area contributed by atoms with Crippen LogP contribution >= 0.6 is 23.5 Å². The van der Waals surface area contributed by atoms with Crippen LogP contribution in [0.3, 0.4) is 0 Å². The van der Waals surface area contributed by atoms with Gasteiger partial charge in [-0.05, 0) is 43.0 Å². The van der Waals surface area contributed by atoms with E-state index in [4.69, 9.17) is 4.74 Å². The van der Waals surface area contributed by atoms with E-state index in [1.807, 2.05) is 47.8 Å². The van der Waals surface area contributed by atoms with Crippen LogP contribution < -0.4 is 10.1 Å². The standard InChI is InChI=1S/C21H31N3O3S2/c1-21(8-3-13-28-21)29-16-18(25)14-23-9-11-24(12-10-23)15-20(26)22-17-4-6-19(27-2)7-5-17/h3-7,13,18,25H,8-12,14-16H2,1-2H3,(H,22,26). The van der Waals surface area contributed by atoms with Gasteiger partial charge in [0.15, 0.2) is 0 Å². The molecule has 0 saturated carbocycles. The number of allylic oxidation sites excluding steroid dienone is 1. The summed E-state index contributed by atoms with van der Waals surface area (Å²) in [5, 5.41) is 15.5. The van der Waals surface area contributed by atoms with Crippen molar-refractivity contribution in [3.05, 3.63) is 35.7 Å². The molecule has 0 radical (unpaired) electrons. The number of nitrogens with one attached hydrogen (secondary N) is 1. The first-order valence-electron chi connectivity index (χ1n) is 9.99. The zero-order valence-corrected chi connectivity index (χ0v) is 18.8. The van der Waals surface area contributed by atoms with Crippen LogP contribution in [0.25, 0.3) is 0 Å². The summed E-state index contributed by atoms with van der Waals surface area (Å²) in [5.74, 6) is 1.53. The Balaban J connectivity index is 1.32. The molecule has 2 N–H and O–H groups in total. The number of piperazine rings is 1. The van der Waals surface area contributed by atoms with Crippen LogP contribution in [0.15, 0.2) is 35.7 Å². The Hall–Kier alpha value is -1.19. The monoisotopic (exact) mass is 437 g/mol. The van der Waals surface area contributed by atoms with Crippen molar-refractivity contribution in [1.29, 1.82) is 0 Å². The van der Waals surface area contributed by atoms with E-state index in [0.29, 0.717) is 13.1 Å². The van der Waals surface area contributed by atoms with Gasteiger partial charge in [0.25, 0.3) is 0 Å². The SMILES string of the molecule is COc1ccc(NC(=O)CN2CCN(CC(O)CSC3(C)CC=CS3)CC2)cc1. The second kappa shape index (κ2) is 10.7. The van der Waals surface area contributed by atoms with E-state index in [9.17, 15) is 9.90 Å². The molecule has 1 saturated heterocycles. The zero-order valence-electron chi connectivity index (χ0n) is 17.2. The minimum Gasteiger partial charge on any atom is -0.497 e. The second-order valence-corrected chi connectivity index (χ2v) is 10.8. The minimum absolute atomic E-state index is 0.00373. The molecule has 2 unspecified atom stereocenters. The van der Waals surface area contributed by atoms with Gasteiger partial charge in [0.05, 0.1) is 23.8 Å². The number of carbonyl (C=O) groups is 1. The second-order valence-electron chi connectivity index (χ2n) is 7.65. The molecule has 2 aliphatic heterocycles. The summed E-state index contributed by atoms with van der Waals surface area (Å²) in [6, 6.07) is 7.35. The predicted octanol–water partition coefficient (Wildman–Crippen LogP) is 2.71. The lowest BCUT2D eigenvalue weighted by molar-refractivity contribution is -0.117. The highest BCUT2D eigenvalue weighted by molar-refractivity contribution is 8.19. The van der Waals surface area contributed by atoms with Crippen LogP contribution in [0.4, 0.5) is 5.69 Å². The number of ether oxygens (including phenoxy) is 1. The third-order valence-corrected chi connectivity index (χ3v) is 8.12. The molecule has 1 amide bonds. The fourth-order valence-corrected chi connectivity index (χ4v) is 5.61. The van der Waals surface area contributed by atoms with Gasteiger partial charge in [-0.15, -0.1) is 23.5 Å². The number of amides is 1. The highest BCUT2D eigenvalue weighted by Crippen LogP contribution is 2.45. The van der Waals surface area contributed by atoms with Crippen LogP contribution in [-0.2, 0) is 4.79 Å². The Bertz CT molecular complexity index is 683. The Labute approximate surface area is 182 Å². The number of carbonyl (C=O) groups excluding carboxylic acids is 1. The van der Waals surface area contributed by atoms with Crippen LogP contribution in [0, 0.1) is 0 Å². The highest BCUT2D eigenvalue weighted by atomic mass is 32.2. The van der Waals surface area contributed by atoms with E-state index < -0.39 is 0 Å². The number of rotatable bonds is 9. The average Bonchev–Trinajstić information content (AvgIpc) is 3.15. The Morgan fingerprint density at radius 3 is 2.59 bits per heavy atom. The number of aliphatic hydroxyl groups is 1. The molecule has 0 aromatic heterocycles. The van der Waals surface area contributed by atoms with E-state index in [2.05, 4.69) is 33.5 Å². The minimum atomic E-state index is -0.317. The number of nitrogens with zero attached hydrogens (tertiary/aromatic N) is 2. The molecule has 1 fully saturated rings. The average molecular weight is 438 g/mol. The molecule has 1 aromatic rings. The van der Waals surface area contributed by atoms with Gasteiger partial charge < -0.3 is 15.2 Å². The summed E-state index contributed by atoms with van der Waals surface area (Å²) in [6.07, 6.45) is 2.95. The molecular formula is C21H31N3O3S2. The zero-order chi connectivity index (χ0) is 20.7. The van der Waals surface area contributed by atoms with Crippen molar-refractivity contribution in [2.24, 2.45) is 0 Å². The van der Waals surface area contributed by atoms with Gasteiger partial charge >= 0.3 is 0 Å². The summed E-state index contributed by atoms with van der Waals surface area (Å²) in [5.41, 5.74) is 0.777. The summed E-state index contributed by atoms with van der Waals surface area (Å²) >= 11 is 3.70. The number of aliphatic hydroxyl groups excluding tert-OH is 1. The molecule has 0 bridgehead atoms. The quantitative estimate of drug-likeness (QED) is 0.616. The van der Waals surface area contributed by atoms with Crippen molar-refractivity contribution in [3.8, 4) is 5.75 Å². The molecule has 6 nitrogen and oxygen atoms in total. The Morgan fingerprint density at radius 2 is 1.97 bits per heavy atom. The van der Waals surface area contributed by atoms with Crippen molar-refractivity contribution >= 4 is 35.1 Å². The van der Waals surface area contributed by atoms with Gasteiger partial charge in [-0.1, -0.05) is 6.08 Å². The predicted molar refractivity (Wildman–Crippen MR) is 123 cm³/mol. The Morgan fingerprint density at radius 1 is 1.28 bits per heavy atom. The van der Waals surface area contributed by atoms with Crippen molar-refractivity contribution in [3.63, 3.8) is 0 Å². The summed E-state index contributed by atoms with van der Waals surface area (Å²) < 4.78 is 5.31. The van der Waals surface area contributed by atoms with Gasteiger partial charge in [-0.2, -0.15) is 0 Å². The number of methoxy groups -OCH3 is 1. The first-order chi connectivity index (χ1) is 14.0. The van der Waals surface area contributed by atoms with Crippen molar-refractivity contribution in [1.82, 2.24) is 9.80 Å². The normalized spacial score (nSPS) is 23.8. The molecule has 160 valence electrons. The maximum absolute atomic E-state index is 12.3. The lowest BCUT2D eigenvalue weighted by Crippen LogP contribution is -2.50. The first kappa shape index (κ1) is 22.5. The molecule has 2 aliphatic rings. The van der Waals surface area contributed by atoms with Crippen molar-refractivity contribution < 1.29 is 14.6 Å². The molecule has 0 aliphatic carbocycles. The molecule has 1 aromatic carbocycles. The smallest absolute Gasteiger partial charge is 0.238 e. The molecule has 2 heterocycles.